The van der Waals surface area contributed by atoms with E-state index < -0.39 is 5.91 Å². The van der Waals surface area contributed by atoms with Crippen molar-refractivity contribution in [2.24, 2.45) is 5.10 Å². The van der Waals surface area contributed by atoms with Gasteiger partial charge in [-0.15, -0.1) is 0 Å². The predicted octanol–water partition coefficient (Wildman–Crippen LogP) is 5.30. The van der Waals surface area contributed by atoms with Gasteiger partial charge in [0.2, 0.25) is 0 Å². The van der Waals surface area contributed by atoms with Gasteiger partial charge in [-0.3, -0.25) is 9.59 Å². The maximum Gasteiger partial charge on any atom is 0.287 e. The Kier molecular flexibility index (Phi) is 6.63. The normalized spacial score (nSPS) is 14.2. The molecule has 2 amide bonds. The van der Waals surface area contributed by atoms with Crippen LogP contribution in [0.15, 0.2) is 58.0 Å². The van der Waals surface area contributed by atoms with Crippen LogP contribution in [-0.4, -0.2) is 17.5 Å². The lowest BCUT2D eigenvalue weighted by Gasteiger charge is -2.13. The highest BCUT2D eigenvalue weighted by Gasteiger charge is 2.28. The second-order valence-electron chi connectivity index (χ2n) is 7.46. The number of aryl methyl sites for hydroxylation is 1. The molecule has 0 spiro atoms. The SMILES string of the molecule is Cc1c(C(=O)NCc2ccccc2Cl)oc2c1/C(=N/NC(=O)c1ccccc1Cl)CCC2. The summed E-state index contributed by atoms with van der Waals surface area (Å²) in [6.45, 7) is 2.11. The average molecular weight is 470 g/mol. The number of carbonyl (C=O) groups excluding carboxylic acids is 2. The minimum absolute atomic E-state index is 0.245. The summed E-state index contributed by atoms with van der Waals surface area (Å²) in [6.07, 6.45) is 2.17. The highest BCUT2D eigenvalue weighted by molar-refractivity contribution is 6.33. The van der Waals surface area contributed by atoms with Crippen LogP contribution in [0.25, 0.3) is 0 Å². The number of furan rings is 1. The molecule has 0 radical (unpaired) electrons. The molecule has 1 aliphatic rings. The predicted molar refractivity (Wildman–Crippen MR) is 124 cm³/mol. The maximum absolute atomic E-state index is 12.8. The lowest BCUT2D eigenvalue weighted by atomic mass is 9.93. The first kappa shape index (κ1) is 22.1. The molecule has 3 aromatic rings. The zero-order valence-corrected chi connectivity index (χ0v) is 18.9. The summed E-state index contributed by atoms with van der Waals surface area (Å²) in [6, 6.07) is 14.1. The van der Waals surface area contributed by atoms with Crippen LogP contribution < -0.4 is 10.7 Å². The standard InChI is InChI=1S/C24H21Cl2N3O3/c1-14-21-19(28-29-23(30)16-8-3-5-10-18(16)26)11-6-12-20(21)32-22(14)24(31)27-13-15-7-2-4-9-17(15)25/h2-5,7-10H,6,11-13H2,1H3,(H,27,31)(H,29,30)/b28-19+. The van der Waals surface area contributed by atoms with Gasteiger partial charge in [0.1, 0.15) is 5.76 Å². The number of halogens is 2. The first-order valence-corrected chi connectivity index (χ1v) is 11.0. The molecule has 0 unspecified atom stereocenters. The van der Waals surface area contributed by atoms with E-state index in [1.165, 1.54) is 0 Å². The summed E-state index contributed by atoms with van der Waals surface area (Å²) < 4.78 is 5.90. The molecule has 2 aromatic carbocycles. The molecule has 1 aliphatic carbocycles. The Labute approximate surface area is 195 Å². The van der Waals surface area contributed by atoms with E-state index in [4.69, 9.17) is 27.6 Å². The van der Waals surface area contributed by atoms with Gasteiger partial charge in [0.15, 0.2) is 5.76 Å². The van der Waals surface area contributed by atoms with Crippen molar-refractivity contribution in [2.75, 3.05) is 0 Å². The third-order valence-corrected chi connectivity index (χ3v) is 6.04. The lowest BCUT2D eigenvalue weighted by Crippen LogP contribution is -2.24. The highest BCUT2D eigenvalue weighted by atomic mass is 35.5. The fraction of sp³-hybridized carbons (Fsp3) is 0.208. The van der Waals surface area contributed by atoms with Gasteiger partial charge in [0.25, 0.3) is 11.8 Å². The Morgan fingerprint density at radius 3 is 2.47 bits per heavy atom. The zero-order valence-electron chi connectivity index (χ0n) is 17.4. The molecule has 0 atom stereocenters. The van der Waals surface area contributed by atoms with Gasteiger partial charge >= 0.3 is 0 Å². The van der Waals surface area contributed by atoms with Crippen LogP contribution in [0.4, 0.5) is 0 Å². The Morgan fingerprint density at radius 1 is 1.00 bits per heavy atom. The van der Waals surface area contributed by atoms with Crippen LogP contribution in [0.5, 0.6) is 0 Å². The van der Waals surface area contributed by atoms with Crippen LogP contribution in [0, 0.1) is 6.92 Å². The number of hydrazone groups is 1. The molecule has 8 heteroatoms. The second-order valence-corrected chi connectivity index (χ2v) is 8.28. The van der Waals surface area contributed by atoms with Crippen LogP contribution >= 0.6 is 23.2 Å². The molecule has 0 aliphatic heterocycles. The van der Waals surface area contributed by atoms with Crippen molar-refractivity contribution in [3.05, 3.63) is 92.4 Å². The summed E-state index contributed by atoms with van der Waals surface area (Å²) in [5.74, 6) is 0.224. The number of rotatable bonds is 5. The van der Waals surface area contributed by atoms with Crippen molar-refractivity contribution < 1.29 is 14.0 Å². The van der Waals surface area contributed by atoms with Crippen LogP contribution in [0.3, 0.4) is 0 Å². The second kappa shape index (κ2) is 9.59. The Balaban J connectivity index is 1.53. The number of fused-ring (bicyclic) bond motifs is 1. The first-order chi connectivity index (χ1) is 15.5. The topological polar surface area (TPSA) is 83.7 Å². The van der Waals surface area contributed by atoms with Crippen molar-refractivity contribution >= 4 is 40.7 Å². The number of hydrogen-bond donors (Lipinski definition) is 2. The van der Waals surface area contributed by atoms with Gasteiger partial charge in [-0.1, -0.05) is 53.5 Å². The van der Waals surface area contributed by atoms with Crippen molar-refractivity contribution in [3.8, 4) is 0 Å². The molecular weight excluding hydrogens is 449 g/mol. The summed E-state index contributed by atoms with van der Waals surface area (Å²) in [5, 5.41) is 8.13. The van der Waals surface area contributed by atoms with E-state index in [1.54, 1.807) is 30.3 Å². The highest BCUT2D eigenvalue weighted by Crippen LogP contribution is 2.30. The fourth-order valence-corrected chi connectivity index (χ4v) is 4.14. The van der Waals surface area contributed by atoms with Crippen LogP contribution in [0.1, 0.15) is 56.2 Å². The Bertz CT molecular complexity index is 1220. The quantitative estimate of drug-likeness (QED) is 0.497. The maximum atomic E-state index is 12.8. The molecule has 1 heterocycles. The summed E-state index contributed by atoms with van der Waals surface area (Å²) in [5.41, 5.74) is 5.89. The van der Waals surface area contributed by atoms with Crippen LogP contribution in [-0.2, 0) is 13.0 Å². The third-order valence-electron chi connectivity index (χ3n) is 5.34. The number of carbonyl (C=O) groups is 2. The minimum atomic E-state index is -0.394. The number of benzene rings is 2. The fourth-order valence-electron chi connectivity index (χ4n) is 3.72. The van der Waals surface area contributed by atoms with E-state index in [-0.39, 0.29) is 18.2 Å². The van der Waals surface area contributed by atoms with E-state index in [1.807, 2.05) is 25.1 Å². The minimum Gasteiger partial charge on any atom is -0.455 e. The molecule has 0 bridgehead atoms. The third kappa shape index (κ3) is 4.56. The molecule has 4 rings (SSSR count). The largest absolute Gasteiger partial charge is 0.455 e. The number of amides is 2. The monoisotopic (exact) mass is 469 g/mol. The summed E-state index contributed by atoms with van der Waals surface area (Å²) >= 11 is 12.3. The molecule has 32 heavy (non-hydrogen) atoms. The first-order valence-electron chi connectivity index (χ1n) is 10.2. The molecule has 0 saturated carbocycles. The van der Waals surface area contributed by atoms with E-state index in [2.05, 4.69) is 15.8 Å². The van der Waals surface area contributed by atoms with Gasteiger partial charge in [0.05, 0.1) is 16.3 Å². The lowest BCUT2D eigenvalue weighted by molar-refractivity contribution is 0.0919. The molecule has 0 fully saturated rings. The number of nitrogens with one attached hydrogen (secondary N) is 2. The molecule has 1 aromatic heterocycles. The van der Waals surface area contributed by atoms with Crippen molar-refractivity contribution in [1.82, 2.24) is 10.7 Å². The molecule has 6 nitrogen and oxygen atoms in total. The Morgan fingerprint density at radius 2 is 1.72 bits per heavy atom. The van der Waals surface area contributed by atoms with Crippen molar-refractivity contribution in [3.63, 3.8) is 0 Å². The van der Waals surface area contributed by atoms with Gasteiger partial charge in [-0.05, 0) is 43.5 Å². The summed E-state index contributed by atoms with van der Waals surface area (Å²) in [7, 11) is 0. The van der Waals surface area contributed by atoms with E-state index in [9.17, 15) is 9.59 Å². The molecule has 164 valence electrons. The summed E-state index contributed by atoms with van der Waals surface area (Å²) in [4.78, 5) is 25.3. The van der Waals surface area contributed by atoms with Crippen molar-refractivity contribution in [2.45, 2.75) is 32.7 Å². The molecule has 0 saturated heterocycles. The smallest absolute Gasteiger partial charge is 0.287 e. The van der Waals surface area contributed by atoms with E-state index in [0.29, 0.717) is 45.5 Å². The van der Waals surface area contributed by atoms with E-state index in [0.717, 1.165) is 17.5 Å². The van der Waals surface area contributed by atoms with Crippen molar-refractivity contribution in [1.29, 1.82) is 0 Å². The van der Waals surface area contributed by atoms with Crippen LogP contribution in [0.2, 0.25) is 10.0 Å². The van der Waals surface area contributed by atoms with E-state index >= 15 is 0 Å². The molecular formula is C24H21Cl2N3O3. The van der Waals surface area contributed by atoms with Gasteiger partial charge in [-0.25, -0.2) is 5.43 Å². The van der Waals surface area contributed by atoms with Gasteiger partial charge in [-0.2, -0.15) is 5.10 Å². The zero-order chi connectivity index (χ0) is 22.7. The van der Waals surface area contributed by atoms with Gasteiger partial charge in [0, 0.05) is 29.1 Å². The number of nitrogens with zero attached hydrogens (tertiary/aromatic N) is 1. The average Bonchev–Trinajstić information content (AvgIpc) is 3.14. The van der Waals surface area contributed by atoms with Gasteiger partial charge < -0.3 is 9.73 Å². The Hall–Kier alpha value is -3.09. The number of hydrogen-bond acceptors (Lipinski definition) is 4. The molecule has 2 N–H and O–H groups in total.